The highest BCUT2D eigenvalue weighted by Crippen LogP contribution is 2.09. The molecule has 60 valence electrons. The van der Waals surface area contributed by atoms with Gasteiger partial charge in [-0.25, -0.2) is 0 Å². The molecule has 0 aromatic heterocycles. The van der Waals surface area contributed by atoms with Gasteiger partial charge in [-0.15, -0.1) is 0 Å². The van der Waals surface area contributed by atoms with Gasteiger partial charge in [0.2, 0.25) is 0 Å². The molecule has 0 spiro atoms. The molecule has 2 N–H and O–H groups in total. The lowest BCUT2D eigenvalue weighted by Crippen LogP contribution is -2.50. The van der Waals surface area contributed by atoms with Crippen LogP contribution in [0.3, 0.4) is 0 Å². The summed E-state index contributed by atoms with van der Waals surface area (Å²) >= 11 is 0. The Balaban J connectivity index is 2.36. The van der Waals surface area contributed by atoms with Crippen LogP contribution in [0, 0.1) is 0 Å². The van der Waals surface area contributed by atoms with E-state index >= 15 is 0 Å². The topological polar surface area (TPSA) is 38.5 Å². The lowest BCUT2D eigenvalue weighted by atomic mass is 10.0. The zero-order valence-electron chi connectivity index (χ0n) is 6.71. The highest BCUT2D eigenvalue weighted by Gasteiger charge is 2.23. The summed E-state index contributed by atoms with van der Waals surface area (Å²) in [5.74, 6) is 0. The van der Waals surface area contributed by atoms with E-state index in [1.165, 1.54) is 0 Å². The summed E-state index contributed by atoms with van der Waals surface area (Å²) in [6.07, 6.45) is 1.34. The summed E-state index contributed by atoms with van der Waals surface area (Å²) in [4.78, 5) is 2.24. The number of hydrogen-bond donors (Lipinski definition) is 1. The van der Waals surface area contributed by atoms with Crippen LogP contribution in [0.25, 0.3) is 0 Å². The van der Waals surface area contributed by atoms with Crippen molar-refractivity contribution in [3.63, 3.8) is 0 Å². The van der Waals surface area contributed by atoms with Crippen molar-refractivity contribution in [1.82, 2.24) is 4.90 Å². The Morgan fingerprint density at radius 3 is 2.80 bits per heavy atom. The molecule has 1 aliphatic rings. The Bertz CT molecular complexity index is 108. The van der Waals surface area contributed by atoms with E-state index < -0.39 is 0 Å². The monoisotopic (exact) mass is 144 g/mol. The molecular weight excluding hydrogens is 128 g/mol. The predicted octanol–water partition coefficient (Wildman–Crippen LogP) is -0.336. The zero-order valence-corrected chi connectivity index (χ0v) is 6.71. The third-order valence-electron chi connectivity index (χ3n) is 2.10. The third-order valence-corrected chi connectivity index (χ3v) is 2.10. The Morgan fingerprint density at radius 1 is 1.60 bits per heavy atom. The van der Waals surface area contributed by atoms with Crippen molar-refractivity contribution >= 4 is 0 Å². The molecule has 0 bridgehead atoms. The fraction of sp³-hybridized carbons (Fsp3) is 1.00. The highest BCUT2D eigenvalue weighted by molar-refractivity contribution is 4.81. The highest BCUT2D eigenvalue weighted by atomic mass is 16.5. The van der Waals surface area contributed by atoms with Gasteiger partial charge in [0.25, 0.3) is 0 Å². The minimum Gasteiger partial charge on any atom is -0.380 e. The number of likely N-dealkylation sites (N-methyl/N-ethyl adjacent to an activating group) is 1. The van der Waals surface area contributed by atoms with Crippen LogP contribution in [0.1, 0.15) is 6.42 Å². The number of hydrogen-bond acceptors (Lipinski definition) is 3. The Morgan fingerprint density at radius 2 is 2.30 bits per heavy atom. The second kappa shape index (κ2) is 3.32. The maximum absolute atomic E-state index is 5.81. The second-order valence-corrected chi connectivity index (χ2v) is 2.99. The molecule has 1 rings (SSSR count). The summed E-state index contributed by atoms with van der Waals surface area (Å²) < 4.78 is 5.20. The molecule has 1 aliphatic heterocycles. The number of likely N-dealkylation sites (tertiary alicyclic amines) is 1. The molecule has 10 heavy (non-hydrogen) atoms. The number of rotatable bonds is 1. The van der Waals surface area contributed by atoms with E-state index in [2.05, 4.69) is 11.9 Å². The maximum atomic E-state index is 5.81. The zero-order chi connectivity index (χ0) is 7.56. The van der Waals surface area contributed by atoms with Gasteiger partial charge >= 0.3 is 0 Å². The first-order valence-electron chi connectivity index (χ1n) is 3.71. The van der Waals surface area contributed by atoms with Crippen molar-refractivity contribution in [3.8, 4) is 0 Å². The number of nitrogens with two attached hydrogens (primary N) is 1. The summed E-state index contributed by atoms with van der Waals surface area (Å²) in [6, 6.07) is 0.198. The summed E-state index contributed by atoms with van der Waals surface area (Å²) in [5.41, 5.74) is 5.81. The van der Waals surface area contributed by atoms with Crippen molar-refractivity contribution in [2.24, 2.45) is 5.73 Å². The average molecular weight is 144 g/mol. The first-order valence-corrected chi connectivity index (χ1v) is 3.71. The Labute approximate surface area is 62.1 Å². The normalized spacial score (nSPS) is 36.3. The Hall–Kier alpha value is -0.120. The molecule has 0 unspecified atom stereocenters. The van der Waals surface area contributed by atoms with Gasteiger partial charge in [0.1, 0.15) is 0 Å². The van der Waals surface area contributed by atoms with Gasteiger partial charge in [-0.3, -0.25) is 0 Å². The average Bonchev–Trinajstić information content (AvgIpc) is 1.88. The van der Waals surface area contributed by atoms with E-state index in [1.807, 2.05) is 0 Å². The van der Waals surface area contributed by atoms with Crippen LogP contribution in [0.5, 0.6) is 0 Å². The van der Waals surface area contributed by atoms with Crippen molar-refractivity contribution in [3.05, 3.63) is 0 Å². The van der Waals surface area contributed by atoms with Gasteiger partial charge < -0.3 is 15.4 Å². The van der Waals surface area contributed by atoms with Crippen molar-refractivity contribution in [2.45, 2.75) is 18.6 Å². The fourth-order valence-corrected chi connectivity index (χ4v) is 1.42. The summed E-state index contributed by atoms with van der Waals surface area (Å²) in [7, 11) is 3.82. The van der Waals surface area contributed by atoms with Gasteiger partial charge in [0.05, 0.1) is 6.10 Å². The minimum absolute atomic E-state index is 0.198. The molecule has 0 aromatic rings. The van der Waals surface area contributed by atoms with Crippen LogP contribution in [-0.2, 0) is 4.74 Å². The molecule has 0 saturated carbocycles. The summed E-state index contributed by atoms with van der Waals surface area (Å²) in [6.45, 7) is 2.06. The van der Waals surface area contributed by atoms with Crippen LogP contribution in [0.2, 0.25) is 0 Å². The van der Waals surface area contributed by atoms with Gasteiger partial charge in [-0.2, -0.15) is 0 Å². The molecule has 1 fully saturated rings. The first kappa shape index (κ1) is 7.98. The summed E-state index contributed by atoms with van der Waals surface area (Å²) in [5, 5.41) is 0. The van der Waals surface area contributed by atoms with E-state index in [9.17, 15) is 0 Å². The van der Waals surface area contributed by atoms with E-state index in [1.54, 1.807) is 7.11 Å². The van der Waals surface area contributed by atoms with E-state index in [4.69, 9.17) is 10.5 Å². The van der Waals surface area contributed by atoms with Crippen molar-refractivity contribution < 1.29 is 4.74 Å². The van der Waals surface area contributed by atoms with Crippen LogP contribution in [-0.4, -0.2) is 44.3 Å². The molecule has 0 radical (unpaired) electrons. The lowest BCUT2D eigenvalue weighted by Gasteiger charge is -2.33. The van der Waals surface area contributed by atoms with E-state index in [0.717, 1.165) is 19.5 Å². The smallest absolute Gasteiger partial charge is 0.0746 e. The molecular formula is C7H16N2O. The van der Waals surface area contributed by atoms with Crippen LogP contribution < -0.4 is 5.73 Å². The number of nitrogens with zero attached hydrogens (tertiary/aromatic N) is 1. The molecule has 0 aliphatic carbocycles. The molecule has 0 aromatic carbocycles. The van der Waals surface area contributed by atoms with Crippen LogP contribution in [0.15, 0.2) is 0 Å². The molecule has 1 saturated heterocycles. The van der Waals surface area contributed by atoms with Gasteiger partial charge in [-0.05, 0) is 13.5 Å². The van der Waals surface area contributed by atoms with Crippen molar-refractivity contribution in [2.75, 3.05) is 27.2 Å². The fourth-order valence-electron chi connectivity index (χ4n) is 1.42. The molecule has 1 heterocycles. The first-order chi connectivity index (χ1) is 4.74. The molecule has 0 amide bonds. The lowest BCUT2D eigenvalue weighted by molar-refractivity contribution is 0.0316. The SMILES string of the molecule is CO[C@H]1CCN(C)C[C@@H]1N. The maximum Gasteiger partial charge on any atom is 0.0746 e. The molecule has 2 atom stereocenters. The van der Waals surface area contributed by atoms with Gasteiger partial charge in [0, 0.05) is 26.2 Å². The quantitative estimate of drug-likeness (QED) is 0.547. The molecule has 3 nitrogen and oxygen atoms in total. The number of ether oxygens (including phenoxy) is 1. The van der Waals surface area contributed by atoms with Gasteiger partial charge in [0.15, 0.2) is 0 Å². The van der Waals surface area contributed by atoms with Crippen LogP contribution >= 0.6 is 0 Å². The van der Waals surface area contributed by atoms with E-state index in [-0.39, 0.29) is 12.1 Å². The van der Waals surface area contributed by atoms with Gasteiger partial charge in [-0.1, -0.05) is 0 Å². The predicted molar refractivity (Wildman–Crippen MR) is 40.9 cm³/mol. The largest absolute Gasteiger partial charge is 0.380 e. The molecule has 3 heteroatoms. The Kier molecular flexibility index (Phi) is 2.65. The second-order valence-electron chi connectivity index (χ2n) is 2.99. The number of methoxy groups -OCH3 is 1. The van der Waals surface area contributed by atoms with Crippen LogP contribution in [0.4, 0.5) is 0 Å². The third kappa shape index (κ3) is 1.68. The standard InChI is InChI=1S/C7H16N2O/c1-9-4-3-7(10-2)6(8)5-9/h6-7H,3-5,8H2,1-2H3/t6-,7-/m0/s1. The number of piperidine rings is 1. The van der Waals surface area contributed by atoms with Crippen molar-refractivity contribution in [1.29, 1.82) is 0 Å². The minimum atomic E-state index is 0.198. The van der Waals surface area contributed by atoms with E-state index in [0.29, 0.717) is 0 Å².